The number of rotatable bonds is 8. The lowest BCUT2D eigenvalue weighted by Gasteiger charge is -2.18. The van der Waals surface area contributed by atoms with Gasteiger partial charge in [-0.3, -0.25) is 4.79 Å². The maximum absolute atomic E-state index is 14.5. The number of aromatic nitrogens is 2. The van der Waals surface area contributed by atoms with Crippen molar-refractivity contribution in [2.75, 3.05) is 44.5 Å². The van der Waals surface area contributed by atoms with Crippen LogP contribution in [0.25, 0.3) is 10.9 Å². The molecular weight excluding hydrogens is 461 g/mol. The molecule has 10 heteroatoms. The number of carbonyl (C=O) groups excluding carboxylic acids is 1. The smallest absolute Gasteiger partial charge is 0.248 e. The predicted octanol–water partition coefficient (Wildman–Crippen LogP) is 4.39. The molecule has 1 amide bonds. The van der Waals surface area contributed by atoms with Crippen LogP contribution in [0.4, 0.5) is 21.6 Å². The van der Waals surface area contributed by atoms with E-state index in [4.69, 9.17) is 21.1 Å². The fraction of sp³-hybridized carbons (Fsp3) is 0.292. The van der Waals surface area contributed by atoms with Crippen LogP contribution in [0.1, 0.15) is 6.42 Å². The molecule has 1 saturated heterocycles. The number of anilines is 3. The third-order valence-electron chi connectivity index (χ3n) is 5.12. The van der Waals surface area contributed by atoms with Gasteiger partial charge in [0.15, 0.2) is 5.82 Å². The molecule has 2 aromatic carbocycles. The number of halogens is 2. The molecule has 0 bridgehead atoms. The summed E-state index contributed by atoms with van der Waals surface area (Å²) in [4.78, 5) is 23.1. The zero-order valence-electron chi connectivity index (χ0n) is 18.8. The molecule has 0 saturated carbocycles. The molecule has 34 heavy (non-hydrogen) atoms. The second-order valence-electron chi connectivity index (χ2n) is 8.07. The third kappa shape index (κ3) is 5.80. The fourth-order valence-electron chi connectivity index (χ4n) is 3.44. The van der Waals surface area contributed by atoms with Crippen LogP contribution in [-0.4, -0.2) is 60.7 Å². The zero-order chi connectivity index (χ0) is 24.1. The average Bonchev–Trinajstić information content (AvgIpc) is 3.30. The van der Waals surface area contributed by atoms with Crippen molar-refractivity contribution >= 4 is 45.6 Å². The van der Waals surface area contributed by atoms with Gasteiger partial charge in [-0.25, -0.2) is 14.4 Å². The van der Waals surface area contributed by atoms with Gasteiger partial charge in [0.2, 0.25) is 5.91 Å². The topological polar surface area (TPSA) is 88.6 Å². The monoisotopic (exact) mass is 485 g/mol. The van der Waals surface area contributed by atoms with Crippen molar-refractivity contribution in [2.24, 2.45) is 0 Å². The molecule has 2 heterocycles. The Hall–Kier alpha value is -3.27. The quantitative estimate of drug-likeness (QED) is 0.457. The standard InChI is InChI=1S/C24H25ClFN5O3/c1-31(2)9-4-7-22(32)29-20-11-16-19(12-21(20)34-15-8-10-33-13-15)27-14-28-24(16)30-18-6-3-5-17(25)23(18)26/h3-7,11-12,14-15H,8-10,13H2,1-2H3,(H,29,32)(H,27,28,30)/t15-/m0/s1. The van der Waals surface area contributed by atoms with Crippen molar-refractivity contribution in [3.8, 4) is 5.75 Å². The first-order valence-corrected chi connectivity index (χ1v) is 11.1. The fourth-order valence-corrected chi connectivity index (χ4v) is 3.61. The number of carbonyl (C=O) groups is 1. The van der Waals surface area contributed by atoms with Crippen LogP contribution in [0.3, 0.4) is 0 Å². The van der Waals surface area contributed by atoms with Crippen LogP contribution in [-0.2, 0) is 9.53 Å². The number of benzene rings is 2. The second kappa shape index (κ2) is 10.8. The lowest BCUT2D eigenvalue weighted by Crippen LogP contribution is -2.18. The zero-order valence-corrected chi connectivity index (χ0v) is 19.6. The van der Waals surface area contributed by atoms with Crippen molar-refractivity contribution in [3.05, 3.63) is 59.7 Å². The minimum absolute atomic E-state index is 0.00436. The highest BCUT2D eigenvalue weighted by atomic mass is 35.5. The van der Waals surface area contributed by atoms with Crippen LogP contribution in [0.15, 0.2) is 48.8 Å². The Morgan fingerprint density at radius 1 is 1.32 bits per heavy atom. The minimum Gasteiger partial charge on any atom is -0.486 e. The molecule has 8 nitrogen and oxygen atoms in total. The highest BCUT2D eigenvalue weighted by Gasteiger charge is 2.21. The molecule has 3 aromatic rings. The van der Waals surface area contributed by atoms with Crippen LogP contribution < -0.4 is 15.4 Å². The molecule has 0 aliphatic carbocycles. The van der Waals surface area contributed by atoms with E-state index in [1.165, 1.54) is 18.5 Å². The first-order chi connectivity index (χ1) is 16.4. The number of likely N-dealkylation sites (N-methyl/N-ethyl adjacent to an activating group) is 1. The molecule has 0 unspecified atom stereocenters. The number of nitrogens with one attached hydrogen (secondary N) is 2. The summed E-state index contributed by atoms with van der Waals surface area (Å²) >= 11 is 5.91. The van der Waals surface area contributed by atoms with E-state index in [1.54, 1.807) is 30.3 Å². The van der Waals surface area contributed by atoms with Crippen molar-refractivity contribution in [1.29, 1.82) is 0 Å². The highest BCUT2D eigenvalue weighted by Crippen LogP contribution is 2.35. The lowest BCUT2D eigenvalue weighted by molar-refractivity contribution is -0.111. The molecule has 1 atom stereocenters. The summed E-state index contributed by atoms with van der Waals surface area (Å²) in [5.74, 6) is -0.0610. The first kappa shape index (κ1) is 23.9. The van der Waals surface area contributed by atoms with Gasteiger partial charge in [0, 0.05) is 30.5 Å². The summed E-state index contributed by atoms with van der Waals surface area (Å²) in [6, 6.07) is 8.11. The van der Waals surface area contributed by atoms with Crippen molar-refractivity contribution < 1.29 is 18.7 Å². The summed E-state index contributed by atoms with van der Waals surface area (Å²) in [5.41, 5.74) is 1.19. The number of nitrogens with zero attached hydrogens (tertiary/aromatic N) is 3. The SMILES string of the molecule is CN(C)CC=CC(=O)Nc1cc2c(Nc3cccc(Cl)c3F)ncnc2cc1O[C@H]1CCOC1. The summed E-state index contributed by atoms with van der Waals surface area (Å²) in [6.45, 7) is 1.72. The molecule has 4 rings (SSSR count). The summed E-state index contributed by atoms with van der Waals surface area (Å²) in [7, 11) is 3.83. The van der Waals surface area contributed by atoms with Crippen LogP contribution in [0.2, 0.25) is 5.02 Å². The van der Waals surface area contributed by atoms with Gasteiger partial charge in [0.05, 0.1) is 35.1 Å². The number of fused-ring (bicyclic) bond motifs is 1. The van der Waals surface area contributed by atoms with Crippen LogP contribution in [0.5, 0.6) is 5.75 Å². The van der Waals surface area contributed by atoms with Gasteiger partial charge < -0.3 is 25.0 Å². The molecule has 1 aliphatic heterocycles. The minimum atomic E-state index is -0.586. The second-order valence-corrected chi connectivity index (χ2v) is 8.48. The Bertz CT molecular complexity index is 1210. The van der Waals surface area contributed by atoms with Crippen LogP contribution in [0, 0.1) is 5.82 Å². The van der Waals surface area contributed by atoms with Crippen molar-refractivity contribution in [1.82, 2.24) is 14.9 Å². The van der Waals surface area contributed by atoms with E-state index in [1.807, 2.05) is 19.0 Å². The van der Waals surface area contributed by atoms with E-state index in [0.717, 1.165) is 6.42 Å². The average molecular weight is 486 g/mol. The van der Waals surface area contributed by atoms with Crippen molar-refractivity contribution in [2.45, 2.75) is 12.5 Å². The maximum Gasteiger partial charge on any atom is 0.248 e. The van der Waals surface area contributed by atoms with Gasteiger partial charge in [0.25, 0.3) is 0 Å². The Kier molecular flexibility index (Phi) is 7.56. The van der Waals surface area contributed by atoms with E-state index in [2.05, 4.69) is 20.6 Å². The maximum atomic E-state index is 14.5. The van der Waals surface area contributed by atoms with E-state index < -0.39 is 5.82 Å². The molecule has 1 fully saturated rings. The normalized spacial score (nSPS) is 15.9. The number of ether oxygens (including phenoxy) is 2. The molecule has 0 spiro atoms. The largest absolute Gasteiger partial charge is 0.486 e. The molecular formula is C24H25ClFN5O3. The van der Waals surface area contributed by atoms with E-state index >= 15 is 0 Å². The number of hydrogen-bond donors (Lipinski definition) is 2. The van der Waals surface area contributed by atoms with E-state index in [0.29, 0.717) is 47.9 Å². The van der Waals surface area contributed by atoms with Gasteiger partial charge >= 0.3 is 0 Å². The summed E-state index contributed by atoms with van der Waals surface area (Å²) in [6.07, 6.45) is 5.22. The van der Waals surface area contributed by atoms with Gasteiger partial charge in [-0.2, -0.15) is 0 Å². The predicted molar refractivity (Wildman–Crippen MR) is 130 cm³/mol. The van der Waals surface area contributed by atoms with Gasteiger partial charge in [0.1, 0.15) is 24.0 Å². The number of amides is 1. The summed E-state index contributed by atoms with van der Waals surface area (Å²) in [5, 5.41) is 6.41. The van der Waals surface area contributed by atoms with Gasteiger partial charge in [-0.05, 0) is 32.3 Å². The first-order valence-electron chi connectivity index (χ1n) is 10.8. The van der Waals surface area contributed by atoms with Crippen LogP contribution >= 0.6 is 11.6 Å². The Morgan fingerprint density at radius 3 is 2.94 bits per heavy atom. The molecule has 0 radical (unpaired) electrons. The summed E-state index contributed by atoms with van der Waals surface area (Å²) < 4.78 is 26.0. The van der Waals surface area contributed by atoms with E-state index in [9.17, 15) is 9.18 Å². The Morgan fingerprint density at radius 2 is 2.18 bits per heavy atom. The Balaban J connectivity index is 1.70. The third-order valence-corrected chi connectivity index (χ3v) is 5.41. The van der Waals surface area contributed by atoms with Gasteiger partial charge in [-0.15, -0.1) is 0 Å². The van der Waals surface area contributed by atoms with Crippen molar-refractivity contribution in [3.63, 3.8) is 0 Å². The highest BCUT2D eigenvalue weighted by molar-refractivity contribution is 6.31. The molecule has 1 aromatic heterocycles. The Labute approximate surface area is 201 Å². The lowest BCUT2D eigenvalue weighted by atomic mass is 10.1. The molecule has 1 aliphatic rings. The molecule has 2 N–H and O–H groups in total. The van der Waals surface area contributed by atoms with Gasteiger partial charge in [-0.1, -0.05) is 23.7 Å². The molecule has 178 valence electrons. The van der Waals surface area contributed by atoms with E-state index in [-0.39, 0.29) is 22.7 Å². The number of hydrogen-bond acceptors (Lipinski definition) is 7.